The molecule has 1 heterocycles. The number of ether oxygens (including phenoxy) is 1. The zero-order chi connectivity index (χ0) is 23.9. The molecule has 0 bridgehead atoms. The number of hydrogen-bond acceptors (Lipinski definition) is 10. The number of carbonyl (C=O) groups is 3. The van der Waals surface area contributed by atoms with Crippen molar-refractivity contribution in [2.24, 2.45) is 0 Å². The van der Waals surface area contributed by atoms with Gasteiger partial charge in [0.05, 0.1) is 30.1 Å². The summed E-state index contributed by atoms with van der Waals surface area (Å²) in [7, 11) is -4.77. The van der Waals surface area contributed by atoms with Gasteiger partial charge in [-0.25, -0.2) is 4.79 Å². The van der Waals surface area contributed by atoms with E-state index in [1.807, 2.05) is 0 Å². The summed E-state index contributed by atoms with van der Waals surface area (Å²) in [5.41, 5.74) is 0.674. The molecule has 0 saturated carbocycles. The predicted octanol–water partition coefficient (Wildman–Crippen LogP) is -0.0109. The average Bonchev–Trinajstić information content (AvgIpc) is 3.01. The summed E-state index contributed by atoms with van der Waals surface area (Å²) in [6, 6.07) is 4.31. The number of rotatable bonds is 12. The van der Waals surface area contributed by atoms with Crippen molar-refractivity contribution in [3.8, 4) is 0 Å². The van der Waals surface area contributed by atoms with Gasteiger partial charge >= 0.3 is 35.5 Å². The number of nitrogens with zero attached hydrogens (tertiary/aromatic N) is 2. The van der Waals surface area contributed by atoms with E-state index in [1.165, 1.54) is 18.2 Å². The standard InChI is InChI=1S/C18H22N2O11S.Na.H/c21-10-13-8-12(5-6-14(13)20(25)26)11-30-7-3-1-2-4-17(23)31-19-16(22)9-15(18(19)24)32(27,28)29;;/h5-6,8,15,21H,1-4,7,9-11H2,(H,27,28,29);;. The van der Waals surface area contributed by atoms with Crippen LogP contribution in [0.1, 0.15) is 43.2 Å². The third-order valence-corrected chi connectivity index (χ3v) is 5.65. The second-order valence-corrected chi connectivity index (χ2v) is 8.54. The van der Waals surface area contributed by atoms with E-state index in [1.54, 1.807) is 0 Å². The van der Waals surface area contributed by atoms with Gasteiger partial charge in [0.1, 0.15) is 0 Å². The van der Waals surface area contributed by atoms with Crippen LogP contribution >= 0.6 is 0 Å². The summed E-state index contributed by atoms with van der Waals surface area (Å²) in [4.78, 5) is 50.1. The minimum absolute atomic E-state index is 0. The summed E-state index contributed by atoms with van der Waals surface area (Å²) >= 11 is 0. The molecule has 1 saturated heterocycles. The first-order chi connectivity index (χ1) is 15.0. The van der Waals surface area contributed by atoms with Gasteiger partial charge in [0.15, 0.2) is 5.25 Å². The second kappa shape index (κ2) is 13.1. The van der Waals surface area contributed by atoms with Crippen LogP contribution in [0.5, 0.6) is 0 Å². The third-order valence-electron chi connectivity index (χ3n) is 4.56. The van der Waals surface area contributed by atoms with Crippen LogP contribution in [0, 0.1) is 10.1 Å². The van der Waals surface area contributed by atoms with Gasteiger partial charge in [0.25, 0.3) is 27.6 Å². The van der Waals surface area contributed by atoms with Crippen molar-refractivity contribution < 1.29 is 47.0 Å². The summed E-state index contributed by atoms with van der Waals surface area (Å²) < 4.78 is 36.5. The van der Waals surface area contributed by atoms with Crippen molar-refractivity contribution in [2.45, 2.75) is 50.6 Å². The monoisotopic (exact) mass is 498 g/mol. The molecule has 178 valence electrons. The fourth-order valence-electron chi connectivity index (χ4n) is 2.93. The predicted molar refractivity (Wildman–Crippen MR) is 112 cm³/mol. The van der Waals surface area contributed by atoms with Gasteiger partial charge in [-0.05, 0) is 30.5 Å². The van der Waals surface area contributed by atoms with Gasteiger partial charge in [-0.3, -0.25) is 24.3 Å². The molecule has 13 nitrogen and oxygen atoms in total. The molecule has 2 amide bonds. The Morgan fingerprint density at radius 1 is 1.24 bits per heavy atom. The van der Waals surface area contributed by atoms with Crippen LogP contribution in [0.15, 0.2) is 18.2 Å². The van der Waals surface area contributed by atoms with Crippen LogP contribution in [0.25, 0.3) is 0 Å². The van der Waals surface area contributed by atoms with E-state index in [0.29, 0.717) is 31.4 Å². The van der Waals surface area contributed by atoms with Gasteiger partial charge in [-0.15, -0.1) is 5.06 Å². The Labute approximate surface area is 211 Å². The van der Waals surface area contributed by atoms with Crippen LogP contribution in [-0.2, 0) is 47.3 Å². The second-order valence-electron chi connectivity index (χ2n) is 6.94. The van der Waals surface area contributed by atoms with E-state index in [-0.39, 0.29) is 58.9 Å². The quantitative estimate of drug-likeness (QED) is 0.0984. The summed E-state index contributed by atoms with van der Waals surface area (Å²) in [6.45, 7) is 0.0477. The number of carbonyl (C=O) groups excluding carboxylic acids is 3. The zero-order valence-electron chi connectivity index (χ0n) is 16.8. The molecular formula is C18H23N2NaO11S. The minimum atomic E-state index is -4.77. The first kappa shape index (κ1) is 29.1. The number of aliphatic hydroxyl groups is 1. The maximum atomic E-state index is 11.8. The van der Waals surface area contributed by atoms with E-state index >= 15 is 0 Å². The molecule has 1 aromatic rings. The number of nitro groups is 1. The topological polar surface area (TPSA) is 191 Å². The summed E-state index contributed by atoms with van der Waals surface area (Å²) in [5, 5.41) is 18.2. The van der Waals surface area contributed by atoms with Crippen LogP contribution in [-0.4, -0.2) is 87.3 Å². The number of aliphatic hydroxyl groups excluding tert-OH is 1. The Bertz CT molecular complexity index is 999. The van der Waals surface area contributed by atoms with Crippen molar-refractivity contribution >= 4 is 63.1 Å². The number of amides is 2. The van der Waals surface area contributed by atoms with Crippen molar-refractivity contribution in [1.29, 1.82) is 0 Å². The molecule has 1 atom stereocenters. The number of hydrogen-bond donors (Lipinski definition) is 2. The molecule has 15 heteroatoms. The third kappa shape index (κ3) is 8.41. The summed E-state index contributed by atoms with van der Waals surface area (Å²) in [5.74, 6) is -3.24. The van der Waals surface area contributed by atoms with Crippen LogP contribution in [0.2, 0.25) is 0 Å². The van der Waals surface area contributed by atoms with Crippen molar-refractivity contribution in [1.82, 2.24) is 5.06 Å². The average molecular weight is 498 g/mol. The number of unbranched alkanes of at least 4 members (excludes halogenated alkanes) is 2. The molecule has 1 aromatic carbocycles. The Balaban J connectivity index is 0.00000544. The van der Waals surface area contributed by atoms with Crippen LogP contribution in [0.3, 0.4) is 0 Å². The van der Waals surface area contributed by atoms with E-state index < -0.39 is 51.1 Å². The molecule has 1 aliphatic rings. The van der Waals surface area contributed by atoms with E-state index in [0.717, 1.165) is 0 Å². The normalized spacial score (nSPS) is 15.9. The molecule has 0 aromatic heterocycles. The van der Waals surface area contributed by atoms with Crippen LogP contribution < -0.4 is 0 Å². The maximum absolute atomic E-state index is 11.8. The SMILES string of the molecule is O=C(CCCCCOCc1ccc([N+](=O)[O-])c(CO)c1)ON1C(=O)CC(S(=O)(=O)O)C1=O.[NaH]. The van der Waals surface area contributed by atoms with Crippen molar-refractivity contribution in [2.75, 3.05) is 6.61 Å². The van der Waals surface area contributed by atoms with Gasteiger partial charge in [0, 0.05) is 19.1 Å². The summed E-state index contributed by atoms with van der Waals surface area (Å²) in [6.07, 6.45) is 0.547. The van der Waals surface area contributed by atoms with Crippen LogP contribution in [0.4, 0.5) is 5.69 Å². The van der Waals surface area contributed by atoms with Gasteiger partial charge in [-0.1, -0.05) is 6.42 Å². The number of hydroxylamine groups is 2. The van der Waals surface area contributed by atoms with Crippen molar-refractivity contribution in [3.63, 3.8) is 0 Å². The first-order valence-corrected chi connectivity index (χ1v) is 11.0. The fraction of sp³-hybridized carbons (Fsp3) is 0.500. The van der Waals surface area contributed by atoms with E-state index in [4.69, 9.17) is 9.29 Å². The molecule has 2 N–H and O–H groups in total. The number of nitro benzene ring substituents is 1. The Morgan fingerprint density at radius 2 is 1.94 bits per heavy atom. The Kier molecular flexibility index (Phi) is 11.5. The Hall–Kier alpha value is -1.94. The molecule has 0 aliphatic carbocycles. The molecule has 0 radical (unpaired) electrons. The molecule has 1 unspecified atom stereocenters. The van der Waals surface area contributed by atoms with E-state index in [9.17, 15) is 38.0 Å². The first-order valence-electron chi connectivity index (χ1n) is 9.53. The molecule has 2 rings (SSSR count). The number of imide groups is 1. The zero-order valence-corrected chi connectivity index (χ0v) is 17.7. The molecular weight excluding hydrogens is 475 g/mol. The Morgan fingerprint density at radius 3 is 2.52 bits per heavy atom. The molecule has 0 spiro atoms. The molecule has 1 aliphatic heterocycles. The van der Waals surface area contributed by atoms with Gasteiger partial charge in [-0.2, -0.15) is 8.42 Å². The van der Waals surface area contributed by atoms with E-state index in [2.05, 4.69) is 4.84 Å². The van der Waals surface area contributed by atoms with Gasteiger partial charge in [0.2, 0.25) is 0 Å². The number of benzene rings is 1. The van der Waals surface area contributed by atoms with Gasteiger partial charge < -0.3 is 14.7 Å². The molecule has 1 fully saturated rings. The molecule has 33 heavy (non-hydrogen) atoms. The van der Waals surface area contributed by atoms with Crippen molar-refractivity contribution in [3.05, 3.63) is 39.4 Å². The fourth-order valence-corrected chi connectivity index (χ4v) is 3.64.